The van der Waals surface area contributed by atoms with Gasteiger partial charge in [-0.25, -0.2) is 9.59 Å². The molecule has 1 aromatic heterocycles. The second-order valence-electron chi connectivity index (χ2n) is 13.2. The SMILES string of the molecule is CCc1cc(C[C@@H](NC(=O)N2CCC(N3Cc4cscc4NC3=O)CC2)C(=O)N2CCC(N3CCN(C)CC3)CC2)cc(Cl)c1N. The van der Waals surface area contributed by atoms with Crippen LogP contribution in [0.5, 0.6) is 0 Å². The molecule has 1 aromatic carbocycles. The van der Waals surface area contributed by atoms with Crippen molar-refractivity contribution in [1.82, 2.24) is 29.8 Å². The molecule has 0 unspecified atom stereocenters. The molecule has 13 heteroatoms. The number of carbonyl (C=O) groups excluding carboxylic acids is 3. The fraction of sp³-hybridized carbons (Fsp3) is 0.606. The number of anilines is 2. The number of nitrogens with two attached hydrogens (primary N) is 1. The first-order valence-corrected chi connectivity index (χ1v) is 18.0. The summed E-state index contributed by atoms with van der Waals surface area (Å²) in [7, 11) is 2.17. The van der Waals surface area contributed by atoms with Crippen molar-refractivity contribution in [1.29, 1.82) is 0 Å². The molecule has 0 aliphatic carbocycles. The number of piperidine rings is 2. The maximum Gasteiger partial charge on any atom is 0.322 e. The summed E-state index contributed by atoms with van der Waals surface area (Å²) < 4.78 is 0. The Labute approximate surface area is 281 Å². The van der Waals surface area contributed by atoms with Crippen LogP contribution in [0.3, 0.4) is 0 Å². The van der Waals surface area contributed by atoms with Gasteiger partial charge in [0.1, 0.15) is 6.04 Å². The Hall–Kier alpha value is -3.06. The van der Waals surface area contributed by atoms with Crippen LogP contribution in [0, 0.1) is 0 Å². The van der Waals surface area contributed by atoms with Crippen LogP contribution in [0.15, 0.2) is 22.9 Å². The molecule has 250 valence electrons. The van der Waals surface area contributed by atoms with Gasteiger partial charge in [-0.1, -0.05) is 24.6 Å². The molecule has 0 bridgehead atoms. The summed E-state index contributed by atoms with van der Waals surface area (Å²) in [5.74, 6) is -0.0531. The van der Waals surface area contributed by atoms with Gasteiger partial charge >= 0.3 is 12.1 Å². The van der Waals surface area contributed by atoms with Crippen LogP contribution in [0.25, 0.3) is 0 Å². The van der Waals surface area contributed by atoms with Gasteiger partial charge in [-0.3, -0.25) is 9.69 Å². The Balaban J connectivity index is 1.10. The molecule has 3 fully saturated rings. The summed E-state index contributed by atoms with van der Waals surface area (Å²) in [4.78, 5) is 51.1. The number of piperazine rings is 1. The van der Waals surface area contributed by atoms with Crippen molar-refractivity contribution in [2.75, 3.05) is 70.5 Å². The first-order valence-electron chi connectivity index (χ1n) is 16.7. The molecule has 11 nitrogen and oxygen atoms in total. The summed E-state index contributed by atoms with van der Waals surface area (Å²) >= 11 is 8.08. The molecule has 5 heterocycles. The summed E-state index contributed by atoms with van der Waals surface area (Å²) in [6, 6.07) is 3.31. The third kappa shape index (κ3) is 7.25. The highest BCUT2D eigenvalue weighted by Gasteiger charge is 2.36. The first kappa shape index (κ1) is 32.9. The number of likely N-dealkylation sites (tertiary alicyclic amines) is 2. The largest absolute Gasteiger partial charge is 0.397 e. The van der Waals surface area contributed by atoms with Gasteiger partial charge in [-0.15, -0.1) is 11.3 Å². The number of nitrogens with one attached hydrogen (secondary N) is 2. The van der Waals surface area contributed by atoms with Crippen molar-refractivity contribution in [3.63, 3.8) is 0 Å². The molecule has 46 heavy (non-hydrogen) atoms. The number of aryl methyl sites for hydroxylation is 1. The van der Waals surface area contributed by atoms with E-state index in [4.69, 9.17) is 17.3 Å². The fourth-order valence-corrected chi connectivity index (χ4v) is 8.40. The standard InChI is InChI=1S/C33H47ClN8O3S/c1-3-23-16-22(17-27(34)30(23)35)18-28(31(43)40-8-4-25(5-9-40)39-14-12-38(2)13-15-39)36-32(44)41-10-6-26(7-11-41)42-19-24-20-46-21-29(24)37-33(42)45/h16-17,20-21,25-26,28H,3-15,18-19,35H2,1-2H3,(H,36,44)(H,37,45)/t28-/m1/s1. The number of urea groups is 2. The highest BCUT2D eigenvalue weighted by molar-refractivity contribution is 7.08. The van der Waals surface area contributed by atoms with Crippen LogP contribution in [0.1, 0.15) is 49.3 Å². The molecule has 5 amide bonds. The van der Waals surface area contributed by atoms with Crippen molar-refractivity contribution in [3.8, 4) is 0 Å². The van der Waals surface area contributed by atoms with E-state index in [1.54, 1.807) is 16.2 Å². The monoisotopic (exact) mass is 670 g/mol. The minimum absolute atomic E-state index is 0.0531. The van der Waals surface area contributed by atoms with Gasteiger partial charge in [-0.05, 0) is 61.7 Å². The third-order valence-corrected chi connectivity index (χ3v) is 11.4. The number of carbonyl (C=O) groups is 3. The summed E-state index contributed by atoms with van der Waals surface area (Å²) in [5, 5.41) is 10.6. The Morgan fingerprint density at radius 1 is 1.00 bits per heavy atom. The average Bonchev–Trinajstić information content (AvgIpc) is 3.53. The van der Waals surface area contributed by atoms with E-state index in [9.17, 15) is 14.4 Å². The summed E-state index contributed by atoms with van der Waals surface area (Å²) in [6.45, 7) is 9.30. The van der Waals surface area contributed by atoms with Crippen LogP contribution < -0.4 is 16.4 Å². The normalized spacial score (nSPS) is 21.2. The topological polar surface area (TPSA) is 117 Å². The molecule has 0 spiro atoms. The van der Waals surface area contributed by atoms with Gasteiger partial charge in [0, 0.05) is 81.8 Å². The maximum absolute atomic E-state index is 14.1. The fourth-order valence-electron chi connectivity index (χ4n) is 7.36. The van der Waals surface area contributed by atoms with E-state index in [1.807, 2.05) is 34.2 Å². The van der Waals surface area contributed by atoms with E-state index in [-0.39, 0.29) is 24.0 Å². The van der Waals surface area contributed by atoms with Gasteiger partial charge in [-0.2, -0.15) is 0 Å². The van der Waals surface area contributed by atoms with Crippen LogP contribution in [0.4, 0.5) is 21.0 Å². The Bertz CT molecular complexity index is 1410. The number of amides is 5. The van der Waals surface area contributed by atoms with Gasteiger partial charge in [0.2, 0.25) is 5.91 Å². The van der Waals surface area contributed by atoms with E-state index >= 15 is 0 Å². The van der Waals surface area contributed by atoms with Gasteiger partial charge < -0.3 is 36.0 Å². The summed E-state index contributed by atoms with van der Waals surface area (Å²) in [5.41, 5.74) is 10.6. The molecule has 4 N–H and O–H groups in total. The van der Waals surface area contributed by atoms with Crippen molar-refractivity contribution >= 4 is 52.3 Å². The number of nitrogen functional groups attached to an aromatic ring is 1. The number of likely N-dealkylation sites (N-methyl/N-ethyl adjacent to an activating group) is 1. The number of hydrogen-bond acceptors (Lipinski definition) is 7. The lowest BCUT2D eigenvalue weighted by atomic mass is 9.98. The van der Waals surface area contributed by atoms with Crippen molar-refractivity contribution in [2.24, 2.45) is 0 Å². The molecule has 1 atom stereocenters. The predicted octanol–water partition coefficient (Wildman–Crippen LogP) is 3.92. The smallest absolute Gasteiger partial charge is 0.322 e. The Kier molecular flexibility index (Phi) is 10.3. The Morgan fingerprint density at radius 3 is 2.37 bits per heavy atom. The quantitative estimate of drug-likeness (QED) is 0.385. The zero-order chi connectivity index (χ0) is 32.4. The molecule has 4 aliphatic heterocycles. The minimum atomic E-state index is -0.723. The van der Waals surface area contributed by atoms with Crippen LogP contribution in [0.2, 0.25) is 5.02 Å². The number of fused-ring (bicyclic) bond motifs is 1. The lowest BCUT2D eigenvalue weighted by Gasteiger charge is -2.43. The number of halogens is 1. The molecule has 6 rings (SSSR count). The third-order valence-electron chi connectivity index (χ3n) is 10.3. The van der Waals surface area contributed by atoms with Crippen molar-refractivity contribution < 1.29 is 14.4 Å². The van der Waals surface area contributed by atoms with E-state index in [0.29, 0.717) is 68.7 Å². The van der Waals surface area contributed by atoms with E-state index < -0.39 is 6.04 Å². The second kappa shape index (κ2) is 14.4. The average molecular weight is 671 g/mol. The molecule has 2 aromatic rings. The number of benzene rings is 1. The molecule has 4 aliphatic rings. The van der Waals surface area contributed by atoms with Gasteiger partial charge in [0.25, 0.3) is 0 Å². The van der Waals surface area contributed by atoms with Crippen LogP contribution in [-0.4, -0.2) is 120 Å². The summed E-state index contributed by atoms with van der Waals surface area (Å²) in [6.07, 6.45) is 4.31. The highest BCUT2D eigenvalue weighted by atomic mass is 35.5. The zero-order valence-electron chi connectivity index (χ0n) is 27.0. The zero-order valence-corrected chi connectivity index (χ0v) is 28.5. The van der Waals surface area contributed by atoms with Crippen LogP contribution in [-0.2, 0) is 24.2 Å². The van der Waals surface area contributed by atoms with Crippen molar-refractivity contribution in [2.45, 2.75) is 70.1 Å². The van der Waals surface area contributed by atoms with Crippen LogP contribution >= 0.6 is 22.9 Å². The van der Waals surface area contributed by atoms with Gasteiger partial charge in [0.05, 0.1) is 22.9 Å². The van der Waals surface area contributed by atoms with Gasteiger partial charge in [0.15, 0.2) is 0 Å². The molecular weight excluding hydrogens is 624 g/mol. The highest BCUT2D eigenvalue weighted by Crippen LogP contribution is 2.31. The minimum Gasteiger partial charge on any atom is -0.397 e. The van der Waals surface area contributed by atoms with Crippen molar-refractivity contribution in [3.05, 3.63) is 44.6 Å². The number of hydrogen-bond donors (Lipinski definition) is 3. The van der Waals surface area contributed by atoms with E-state index in [0.717, 1.165) is 67.8 Å². The Morgan fingerprint density at radius 2 is 1.67 bits per heavy atom. The lowest BCUT2D eigenvalue weighted by Crippen LogP contribution is -2.58. The van der Waals surface area contributed by atoms with E-state index in [1.165, 1.54) is 0 Å². The molecular formula is C33H47ClN8O3S. The van der Waals surface area contributed by atoms with E-state index in [2.05, 4.69) is 32.9 Å². The lowest BCUT2D eigenvalue weighted by molar-refractivity contribution is -0.135. The maximum atomic E-state index is 14.1. The molecule has 0 saturated carbocycles. The predicted molar refractivity (Wildman–Crippen MR) is 183 cm³/mol. The number of nitrogens with zero attached hydrogens (tertiary/aromatic N) is 5. The molecule has 0 radical (unpaired) electrons. The molecule has 3 saturated heterocycles. The number of rotatable bonds is 7. The number of thiophene rings is 1. The first-order chi connectivity index (χ1) is 22.2. The second-order valence-corrected chi connectivity index (χ2v) is 14.3.